The molecule has 0 aromatic heterocycles. The fourth-order valence-corrected chi connectivity index (χ4v) is 2.25. The van der Waals surface area contributed by atoms with E-state index in [0.717, 1.165) is 17.7 Å². The second-order valence-corrected chi connectivity index (χ2v) is 5.25. The van der Waals surface area contributed by atoms with E-state index in [1.807, 2.05) is 30.3 Å². The highest BCUT2D eigenvalue weighted by Crippen LogP contribution is 2.32. The van der Waals surface area contributed by atoms with Crippen LogP contribution >= 0.6 is 0 Å². The zero-order valence-electron chi connectivity index (χ0n) is 13.2. The van der Waals surface area contributed by atoms with Crippen LogP contribution in [-0.2, 0) is 17.4 Å². The Morgan fingerprint density at radius 1 is 1.08 bits per heavy atom. The second-order valence-electron chi connectivity index (χ2n) is 5.25. The van der Waals surface area contributed by atoms with Crippen LogP contribution < -0.4 is 5.32 Å². The molecule has 0 radical (unpaired) electrons. The summed E-state index contributed by atoms with van der Waals surface area (Å²) in [5, 5.41) is 11.7. The predicted octanol–water partition coefficient (Wildman–Crippen LogP) is 3.97. The van der Waals surface area contributed by atoms with Crippen LogP contribution in [0.2, 0.25) is 0 Å². The maximum absolute atomic E-state index is 13.0. The highest BCUT2D eigenvalue weighted by atomic mass is 19.4. The standard InChI is InChI=1S/C19H15F3N2O/c20-19(21,22)17-9-5-4-8-15(17)12-16(13-23)18(25)24-11-10-14-6-2-1-3-7-14/h1-9,12H,10-11H2,(H,24,25)/b16-12-. The third-order valence-electron chi connectivity index (χ3n) is 3.47. The van der Waals surface area contributed by atoms with Crippen molar-refractivity contribution in [3.05, 3.63) is 76.9 Å². The quantitative estimate of drug-likeness (QED) is 0.659. The lowest BCUT2D eigenvalue weighted by Crippen LogP contribution is -2.26. The lowest BCUT2D eigenvalue weighted by molar-refractivity contribution is -0.137. The van der Waals surface area contributed by atoms with Gasteiger partial charge in [-0.15, -0.1) is 0 Å². The van der Waals surface area contributed by atoms with Gasteiger partial charge in [0.2, 0.25) is 0 Å². The summed E-state index contributed by atoms with van der Waals surface area (Å²) >= 11 is 0. The Balaban J connectivity index is 2.10. The fraction of sp³-hybridized carbons (Fsp3) is 0.158. The first-order valence-corrected chi connectivity index (χ1v) is 7.52. The van der Waals surface area contributed by atoms with E-state index >= 15 is 0 Å². The minimum atomic E-state index is -4.56. The Bertz CT molecular complexity index is 805. The monoisotopic (exact) mass is 344 g/mol. The van der Waals surface area contributed by atoms with Crippen LogP contribution in [0.4, 0.5) is 13.2 Å². The molecular weight excluding hydrogens is 329 g/mol. The number of alkyl halides is 3. The Morgan fingerprint density at radius 2 is 1.72 bits per heavy atom. The van der Waals surface area contributed by atoms with Gasteiger partial charge in [0.05, 0.1) is 5.56 Å². The summed E-state index contributed by atoms with van der Waals surface area (Å²) in [5.41, 5.74) is -0.470. The van der Waals surface area contributed by atoms with Gasteiger partial charge >= 0.3 is 6.18 Å². The molecule has 2 rings (SSSR count). The van der Waals surface area contributed by atoms with E-state index in [4.69, 9.17) is 5.26 Å². The highest BCUT2D eigenvalue weighted by Gasteiger charge is 2.32. The maximum atomic E-state index is 13.0. The predicted molar refractivity (Wildman–Crippen MR) is 88.2 cm³/mol. The molecule has 0 bridgehead atoms. The molecule has 0 aliphatic heterocycles. The number of nitrogens with zero attached hydrogens (tertiary/aromatic N) is 1. The summed E-state index contributed by atoms with van der Waals surface area (Å²) in [7, 11) is 0. The van der Waals surface area contributed by atoms with E-state index in [9.17, 15) is 18.0 Å². The average Bonchev–Trinajstić information content (AvgIpc) is 2.60. The molecule has 0 heterocycles. The fourth-order valence-electron chi connectivity index (χ4n) is 2.25. The maximum Gasteiger partial charge on any atom is 0.416 e. The molecule has 2 aromatic rings. The van der Waals surface area contributed by atoms with Crippen molar-refractivity contribution in [1.29, 1.82) is 5.26 Å². The number of nitriles is 1. The van der Waals surface area contributed by atoms with Gasteiger partial charge in [0.1, 0.15) is 11.6 Å². The summed E-state index contributed by atoms with van der Waals surface area (Å²) in [6, 6.07) is 15.9. The van der Waals surface area contributed by atoms with Crippen molar-refractivity contribution in [2.45, 2.75) is 12.6 Å². The van der Waals surface area contributed by atoms with Crippen LogP contribution in [0.5, 0.6) is 0 Å². The normalized spacial score (nSPS) is 11.7. The first-order valence-electron chi connectivity index (χ1n) is 7.52. The Morgan fingerprint density at radius 3 is 2.36 bits per heavy atom. The van der Waals surface area contributed by atoms with E-state index in [0.29, 0.717) is 6.42 Å². The van der Waals surface area contributed by atoms with Crippen molar-refractivity contribution in [3.63, 3.8) is 0 Å². The number of amides is 1. The molecule has 3 nitrogen and oxygen atoms in total. The van der Waals surface area contributed by atoms with Crippen LogP contribution in [0.3, 0.4) is 0 Å². The number of hydrogen-bond donors (Lipinski definition) is 1. The molecule has 0 fully saturated rings. The molecular formula is C19H15F3N2O. The lowest BCUT2D eigenvalue weighted by Gasteiger charge is -2.10. The third kappa shape index (κ3) is 5.21. The van der Waals surface area contributed by atoms with Crippen LogP contribution in [-0.4, -0.2) is 12.5 Å². The van der Waals surface area contributed by atoms with E-state index in [1.165, 1.54) is 18.2 Å². The minimum Gasteiger partial charge on any atom is -0.351 e. The molecule has 0 saturated carbocycles. The van der Waals surface area contributed by atoms with Crippen molar-refractivity contribution in [3.8, 4) is 6.07 Å². The zero-order chi connectivity index (χ0) is 18.3. The molecule has 1 N–H and O–H groups in total. The lowest BCUT2D eigenvalue weighted by atomic mass is 10.0. The average molecular weight is 344 g/mol. The molecule has 128 valence electrons. The van der Waals surface area contributed by atoms with Gasteiger partial charge in [-0.1, -0.05) is 48.5 Å². The first-order chi connectivity index (χ1) is 11.9. The zero-order valence-corrected chi connectivity index (χ0v) is 13.2. The van der Waals surface area contributed by atoms with Crippen molar-refractivity contribution < 1.29 is 18.0 Å². The highest BCUT2D eigenvalue weighted by molar-refractivity contribution is 6.01. The molecule has 2 aromatic carbocycles. The van der Waals surface area contributed by atoms with Gasteiger partial charge in [0.25, 0.3) is 5.91 Å². The van der Waals surface area contributed by atoms with Crippen molar-refractivity contribution in [2.24, 2.45) is 0 Å². The number of halogens is 3. The van der Waals surface area contributed by atoms with Crippen molar-refractivity contribution >= 4 is 12.0 Å². The molecule has 1 amide bonds. The van der Waals surface area contributed by atoms with E-state index in [-0.39, 0.29) is 17.7 Å². The third-order valence-corrected chi connectivity index (χ3v) is 3.47. The number of carbonyl (C=O) groups is 1. The Labute approximate surface area is 143 Å². The van der Waals surface area contributed by atoms with Crippen LogP contribution in [0, 0.1) is 11.3 Å². The topological polar surface area (TPSA) is 52.9 Å². The van der Waals surface area contributed by atoms with Crippen molar-refractivity contribution in [2.75, 3.05) is 6.54 Å². The van der Waals surface area contributed by atoms with Gasteiger partial charge in [-0.2, -0.15) is 18.4 Å². The minimum absolute atomic E-state index is 0.218. The molecule has 6 heteroatoms. The molecule has 0 aliphatic rings. The van der Waals surface area contributed by atoms with E-state index in [2.05, 4.69) is 5.32 Å². The van der Waals surface area contributed by atoms with Gasteiger partial charge in [0, 0.05) is 6.54 Å². The van der Waals surface area contributed by atoms with Gasteiger partial charge in [0.15, 0.2) is 0 Å². The first kappa shape index (κ1) is 18.3. The van der Waals surface area contributed by atoms with Crippen LogP contribution in [0.1, 0.15) is 16.7 Å². The second kappa shape index (κ2) is 8.15. The number of hydrogen-bond acceptors (Lipinski definition) is 2. The smallest absolute Gasteiger partial charge is 0.351 e. The van der Waals surface area contributed by atoms with E-state index in [1.54, 1.807) is 6.07 Å². The molecule has 0 spiro atoms. The molecule has 0 aliphatic carbocycles. The number of rotatable bonds is 5. The molecule has 0 atom stereocenters. The van der Waals surface area contributed by atoms with Crippen molar-refractivity contribution in [1.82, 2.24) is 5.32 Å². The van der Waals surface area contributed by atoms with Crippen LogP contribution in [0.25, 0.3) is 6.08 Å². The summed E-state index contributed by atoms with van der Waals surface area (Å²) < 4.78 is 38.9. The van der Waals surface area contributed by atoms with Gasteiger partial charge in [-0.25, -0.2) is 0 Å². The largest absolute Gasteiger partial charge is 0.416 e. The number of carbonyl (C=O) groups excluding carboxylic acids is 1. The molecule has 0 unspecified atom stereocenters. The summed E-state index contributed by atoms with van der Waals surface area (Å²) in [6.45, 7) is 0.281. The Hall–Kier alpha value is -3.07. The van der Waals surface area contributed by atoms with Crippen LogP contribution in [0.15, 0.2) is 60.2 Å². The van der Waals surface area contributed by atoms with E-state index < -0.39 is 17.6 Å². The SMILES string of the molecule is N#C/C(=C/c1ccccc1C(F)(F)F)C(=O)NCCc1ccccc1. The Kier molecular flexibility index (Phi) is 5.96. The summed E-state index contributed by atoms with van der Waals surface area (Å²) in [6.07, 6.45) is -3.04. The van der Waals surface area contributed by atoms with Gasteiger partial charge < -0.3 is 5.32 Å². The number of benzene rings is 2. The summed E-state index contributed by atoms with van der Waals surface area (Å²) in [5.74, 6) is -0.699. The number of nitrogens with one attached hydrogen (secondary N) is 1. The molecule has 0 saturated heterocycles. The summed E-state index contributed by atoms with van der Waals surface area (Å²) in [4.78, 5) is 12.0. The van der Waals surface area contributed by atoms with Gasteiger partial charge in [-0.05, 0) is 29.7 Å². The molecule has 25 heavy (non-hydrogen) atoms. The van der Waals surface area contributed by atoms with Gasteiger partial charge in [-0.3, -0.25) is 4.79 Å².